The number of benzene rings is 4. The van der Waals surface area contributed by atoms with E-state index in [9.17, 15) is 18.0 Å². The van der Waals surface area contributed by atoms with Crippen molar-refractivity contribution in [3.8, 4) is 0 Å². The van der Waals surface area contributed by atoms with E-state index < -0.39 is 11.7 Å². The number of ether oxygens (including phenoxy) is 1. The average Bonchev–Trinajstić information content (AvgIpc) is 3.08. The number of alkyl halides is 3. The van der Waals surface area contributed by atoms with Gasteiger partial charge in [0.15, 0.2) is 5.05 Å². The van der Waals surface area contributed by atoms with E-state index in [-0.39, 0.29) is 11.8 Å². The van der Waals surface area contributed by atoms with E-state index in [1.54, 1.807) is 6.07 Å². The number of halogens is 3. The fourth-order valence-corrected chi connectivity index (χ4v) is 7.86. The van der Waals surface area contributed by atoms with E-state index in [2.05, 4.69) is 39.1 Å². The highest BCUT2D eigenvalue weighted by Crippen LogP contribution is 2.49. The number of piperazine rings is 1. The smallest absolute Gasteiger partial charge is 0.416 e. The summed E-state index contributed by atoms with van der Waals surface area (Å²) in [6, 6.07) is 24.1. The second kappa shape index (κ2) is 15.5. The van der Waals surface area contributed by atoms with Gasteiger partial charge in [0, 0.05) is 73.0 Å². The minimum atomic E-state index is -4.38. The van der Waals surface area contributed by atoms with Gasteiger partial charge in [0.1, 0.15) is 6.61 Å². The number of hydrogen-bond donors (Lipinski definition) is 1. The number of thiocarbonyl (C=S) groups is 1. The Hall–Kier alpha value is -3.64. The quantitative estimate of drug-likeness (QED) is 0.157. The summed E-state index contributed by atoms with van der Waals surface area (Å²) in [4.78, 5) is 20.4. The van der Waals surface area contributed by atoms with Crippen LogP contribution in [0.25, 0.3) is 10.8 Å². The van der Waals surface area contributed by atoms with Crippen LogP contribution in [0, 0.1) is 5.92 Å². The Labute approximate surface area is 295 Å². The zero-order chi connectivity index (χ0) is 34.5. The molecule has 0 saturated carbocycles. The van der Waals surface area contributed by atoms with Gasteiger partial charge in [0.2, 0.25) is 5.91 Å². The van der Waals surface area contributed by atoms with Gasteiger partial charge in [0.05, 0.1) is 16.9 Å². The van der Waals surface area contributed by atoms with Crippen molar-refractivity contribution in [2.75, 3.05) is 62.6 Å². The lowest BCUT2D eigenvalue weighted by Crippen LogP contribution is -2.47. The summed E-state index contributed by atoms with van der Waals surface area (Å²) in [5.74, 6) is -0.0413. The summed E-state index contributed by atoms with van der Waals surface area (Å²) >= 11 is 7.20. The van der Waals surface area contributed by atoms with Crippen LogP contribution in [0.4, 0.5) is 30.2 Å². The van der Waals surface area contributed by atoms with Gasteiger partial charge >= 0.3 is 6.18 Å². The van der Waals surface area contributed by atoms with Crippen molar-refractivity contribution in [3.05, 3.63) is 90.0 Å². The van der Waals surface area contributed by atoms with Crippen molar-refractivity contribution < 1.29 is 22.7 Å². The van der Waals surface area contributed by atoms with E-state index in [0.29, 0.717) is 23.9 Å². The SMILES string of the molecule is CC(=O)Nc1cccc2c(CC(C)C(=S)OCCN3CCN(CCCN4c5ccccc5Sc5ccc(C(F)(F)F)cc54)CC3)cccc12. The summed E-state index contributed by atoms with van der Waals surface area (Å²) in [5.41, 5.74) is 2.94. The highest BCUT2D eigenvalue weighted by molar-refractivity contribution is 7.99. The number of hydrogen-bond acceptors (Lipinski definition) is 7. The van der Waals surface area contributed by atoms with Crippen molar-refractivity contribution in [1.29, 1.82) is 0 Å². The molecule has 258 valence electrons. The van der Waals surface area contributed by atoms with Crippen LogP contribution >= 0.6 is 24.0 Å². The Balaban J connectivity index is 0.950. The third-order valence-electron chi connectivity index (χ3n) is 9.18. The predicted octanol–water partition coefficient (Wildman–Crippen LogP) is 8.65. The third-order valence-corrected chi connectivity index (χ3v) is 10.8. The molecule has 1 amide bonds. The highest BCUT2D eigenvalue weighted by Gasteiger charge is 2.33. The Bertz CT molecular complexity index is 1810. The Morgan fingerprint density at radius 1 is 0.878 bits per heavy atom. The van der Waals surface area contributed by atoms with E-state index in [1.807, 2.05) is 48.5 Å². The van der Waals surface area contributed by atoms with Crippen LogP contribution in [0.3, 0.4) is 0 Å². The second-order valence-electron chi connectivity index (χ2n) is 12.7. The lowest BCUT2D eigenvalue weighted by Gasteiger charge is -2.36. The van der Waals surface area contributed by atoms with E-state index in [0.717, 1.165) is 89.6 Å². The van der Waals surface area contributed by atoms with Crippen LogP contribution in [-0.2, 0) is 22.1 Å². The molecule has 0 spiro atoms. The molecule has 2 heterocycles. The molecule has 0 aromatic heterocycles. The molecule has 6 nitrogen and oxygen atoms in total. The fraction of sp³-hybridized carbons (Fsp3) is 0.368. The predicted molar refractivity (Wildman–Crippen MR) is 196 cm³/mol. The molecule has 1 fully saturated rings. The molecule has 0 bridgehead atoms. The average molecular weight is 707 g/mol. The molecular weight excluding hydrogens is 666 g/mol. The van der Waals surface area contributed by atoms with Crippen LogP contribution in [0.5, 0.6) is 0 Å². The van der Waals surface area contributed by atoms with Crippen LogP contribution in [0.2, 0.25) is 0 Å². The number of anilines is 3. The summed E-state index contributed by atoms with van der Waals surface area (Å²) in [6.45, 7) is 10.2. The molecule has 0 radical (unpaired) electrons. The van der Waals surface area contributed by atoms with Gasteiger partial charge in [-0.1, -0.05) is 61.2 Å². The number of fused-ring (bicyclic) bond motifs is 3. The van der Waals surface area contributed by atoms with Gasteiger partial charge in [-0.15, -0.1) is 0 Å². The van der Waals surface area contributed by atoms with Crippen molar-refractivity contribution in [3.63, 3.8) is 0 Å². The first-order valence-corrected chi connectivity index (χ1v) is 17.9. The molecule has 2 aliphatic rings. The van der Waals surface area contributed by atoms with Gasteiger partial charge in [-0.3, -0.25) is 9.69 Å². The second-order valence-corrected chi connectivity index (χ2v) is 14.2. The number of rotatable bonds is 11. The molecule has 0 aliphatic carbocycles. The first-order chi connectivity index (χ1) is 23.6. The first kappa shape index (κ1) is 35.2. The summed E-state index contributed by atoms with van der Waals surface area (Å²) < 4.78 is 46.8. The standard InChI is InChI=1S/C38H41F3N4O2S2/c1-26(24-28-8-5-10-31-30(28)9-6-11-32(31)42-27(2)46)37(48)47-23-22-44-20-18-43(19-21-44)16-7-17-45-33-12-3-4-13-35(33)49-36-15-14-29(25-34(36)45)38(39,40)41/h3-6,8-15,25-26H,7,16-24H2,1-2H3,(H,42,46). The zero-order valence-corrected chi connectivity index (χ0v) is 29.4. The molecule has 4 aromatic carbocycles. The van der Waals surface area contributed by atoms with Crippen LogP contribution in [0.1, 0.15) is 31.4 Å². The van der Waals surface area contributed by atoms with Gasteiger partial charge < -0.3 is 19.9 Å². The Morgan fingerprint density at radius 2 is 1.57 bits per heavy atom. The molecule has 1 unspecified atom stereocenters. The molecule has 49 heavy (non-hydrogen) atoms. The molecule has 4 aromatic rings. The maximum absolute atomic E-state index is 13.6. The molecule has 1 N–H and O–H groups in total. The van der Waals surface area contributed by atoms with Crippen molar-refractivity contribution in [2.24, 2.45) is 5.92 Å². The maximum atomic E-state index is 13.6. The number of carbonyl (C=O) groups excluding carboxylic acids is 1. The molecule has 1 saturated heterocycles. The third kappa shape index (κ3) is 8.57. The number of para-hydroxylation sites is 1. The highest BCUT2D eigenvalue weighted by atomic mass is 32.2. The molecular formula is C38H41F3N4O2S2. The normalized spacial score (nSPS) is 15.8. The minimum absolute atomic E-state index is 0.0550. The Morgan fingerprint density at radius 3 is 2.33 bits per heavy atom. The number of amides is 1. The molecule has 6 rings (SSSR count). The van der Waals surface area contributed by atoms with Crippen LogP contribution < -0.4 is 10.2 Å². The molecule has 2 aliphatic heterocycles. The minimum Gasteiger partial charge on any atom is -0.485 e. The van der Waals surface area contributed by atoms with E-state index in [4.69, 9.17) is 17.0 Å². The van der Waals surface area contributed by atoms with Crippen molar-refractivity contribution >= 4 is 62.8 Å². The summed E-state index contributed by atoms with van der Waals surface area (Å²) in [7, 11) is 0. The topological polar surface area (TPSA) is 48.1 Å². The van der Waals surface area contributed by atoms with Crippen LogP contribution in [0.15, 0.2) is 88.7 Å². The van der Waals surface area contributed by atoms with E-state index in [1.165, 1.54) is 30.8 Å². The van der Waals surface area contributed by atoms with Crippen molar-refractivity contribution in [2.45, 2.75) is 42.7 Å². The van der Waals surface area contributed by atoms with E-state index >= 15 is 0 Å². The largest absolute Gasteiger partial charge is 0.485 e. The first-order valence-electron chi connectivity index (χ1n) is 16.7. The lowest BCUT2D eigenvalue weighted by molar-refractivity contribution is -0.137. The fourth-order valence-electron chi connectivity index (χ4n) is 6.62. The number of nitrogens with one attached hydrogen (secondary N) is 1. The van der Waals surface area contributed by atoms with Gasteiger partial charge in [0.25, 0.3) is 0 Å². The summed E-state index contributed by atoms with van der Waals surface area (Å²) in [6.07, 6.45) is -2.79. The lowest BCUT2D eigenvalue weighted by atomic mass is 9.95. The van der Waals surface area contributed by atoms with Crippen LogP contribution in [-0.4, -0.2) is 73.2 Å². The zero-order valence-electron chi connectivity index (χ0n) is 27.8. The summed E-state index contributed by atoms with van der Waals surface area (Å²) in [5, 5.41) is 5.63. The maximum Gasteiger partial charge on any atom is 0.416 e. The van der Waals surface area contributed by atoms with Gasteiger partial charge in [-0.05, 0) is 79.0 Å². The number of carbonyl (C=O) groups is 1. The van der Waals surface area contributed by atoms with Crippen molar-refractivity contribution in [1.82, 2.24) is 9.80 Å². The molecule has 1 atom stereocenters. The monoisotopic (exact) mass is 706 g/mol. The van der Waals surface area contributed by atoms with Gasteiger partial charge in [-0.2, -0.15) is 13.2 Å². The molecule has 11 heteroatoms. The number of nitrogens with zero attached hydrogens (tertiary/aromatic N) is 3. The Kier molecular flexibility index (Phi) is 11.1. The van der Waals surface area contributed by atoms with Gasteiger partial charge in [-0.25, -0.2) is 0 Å².